The van der Waals surface area contributed by atoms with Crippen LogP contribution in [0.4, 0.5) is 14.9 Å². The van der Waals surface area contributed by atoms with Crippen molar-refractivity contribution in [1.82, 2.24) is 5.32 Å². The van der Waals surface area contributed by atoms with Gasteiger partial charge in [-0.05, 0) is 32.0 Å². The molecule has 2 aliphatic rings. The first-order valence-electron chi connectivity index (χ1n) is 8.33. The highest BCUT2D eigenvalue weighted by atomic mass is 19.1. The summed E-state index contributed by atoms with van der Waals surface area (Å²) < 4.78 is 26.3. The molecule has 1 fully saturated rings. The molecule has 0 saturated carbocycles. The van der Waals surface area contributed by atoms with Gasteiger partial charge in [0.2, 0.25) is 0 Å². The molecule has 1 N–H and O–H groups in total. The lowest BCUT2D eigenvalue weighted by molar-refractivity contribution is 0.0338. The van der Waals surface area contributed by atoms with Gasteiger partial charge in [0.05, 0.1) is 18.3 Å². The Hall–Kier alpha value is -2.76. The van der Waals surface area contributed by atoms with Crippen LogP contribution in [0.3, 0.4) is 0 Å². The molecule has 2 atom stereocenters. The van der Waals surface area contributed by atoms with E-state index in [1.807, 2.05) is 25.1 Å². The second-order valence-corrected chi connectivity index (χ2v) is 6.38. The molecule has 4 rings (SSSR count). The largest absolute Gasteiger partial charge is 0.490 e. The summed E-state index contributed by atoms with van der Waals surface area (Å²) in [5.74, 6) is 0.759. The monoisotopic (exact) mass is 342 g/mol. The van der Waals surface area contributed by atoms with Gasteiger partial charge in [-0.15, -0.1) is 0 Å². The van der Waals surface area contributed by atoms with Gasteiger partial charge in [-0.25, -0.2) is 9.18 Å². The summed E-state index contributed by atoms with van der Waals surface area (Å²) in [5.41, 5.74) is 0.0679. The molecule has 2 amide bonds. The second kappa shape index (κ2) is 5.65. The Bertz CT molecular complexity index is 841. The standard InChI is InChI=1S/C19H19FN2O3/c1-3-24-16-10-6-7-12-14-11-19(2,25-17(12)16)22(18(23)21-14)15-9-5-4-8-13(15)20/h4-10,14H,3,11H2,1-2H3,(H,21,23). The number of nitrogens with zero attached hydrogens (tertiary/aromatic N) is 1. The summed E-state index contributed by atoms with van der Waals surface area (Å²) in [6.45, 7) is 4.21. The maximum Gasteiger partial charge on any atom is 0.325 e. The van der Waals surface area contributed by atoms with E-state index in [0.717, 1.165) is 5.56 Å². The topological polar surface area (TPSA) is 50.8 Å². The van der Waals surface area contributed by atoms with Crippen LogP contribution >= 0.6 is 0 Å². The van der Waals surface area contributed by atoms with Crippen LogP contribution in [0.25, 0.3) is 0 Å². The number of benzene rings is 2. The number of ether oxygens (including phenoxy) is 2. The van der Waals surface area contributed by atoms with E-state index in [-0.39, 0.29) is 17.8 Å². The van der Waals surface area contributed by atoms with Gasteiger partial charge in [-0.1, -0.05) is 24.3 Å². The van der Waals surface area contributed by atoms with Crippen LogP contribution in [0.2, 0.25) is 0 Å². The molecule has 0 radical (unpaired) electrons. The average molecular weight is 342 g/mol. The summed E-state index contributed by atoms with van der Waals surface area (Å²) >= 11 is 0. The zero-order chi connectivity index (χ0) is 17.6. The van der Waals surface area contributed by atoms with Gasteiger partial charge >= 0.3 is 6.03 Å². The van der Waals surface area contributed by atoms with E-state index < -0.39 is 11.5 Å². The second-order valence-electron chi connectivity index (χ2n) is 6.38. The van der Waals surface area contributed by atoms with E-state index >= 15 is 0 Å². The number of anilines is 1. The summed E-state index contributed by atoms with van der Waals surface area (Å²) in [4.78, 5) is 14.1. The lowest BCUT2D eigenvalue weighted by atomic mass is 9.90. The third kappa shape index (κ3) is 2.40. The first-order chi connectivity index (χ1) is 12.0. The van der Waals surface area contributed by atoms with Gasteiger partial charge in [0.15, 0.2) is 17.2 Å². The number of hydrogen-bond donors (Lipinski definition) is 1. The Morgan fingerprint density at radius 1 is 1.32 bits per heavy atom. The van der Waals surface area contributed by atoms with Crippen LogP contribution in [-0.4, -0.2) is 18.4 Å². The molecule has 2 aromatic rings. The van der Waals surface area contributed by atoms with Crippen molar-refractivity contribution in [3.05, 3.63) is 53.8 Å². The average Bonchev–Trinajstić information content (AvgIpc) is 2.57. The highest BCUT2D eigenvalue weighted by molar-refractivity contribution is 5.95. The van der Waals surface area contributed by atoms with Gasteiger partial charge < -0.3 is 14.8 Å². The van der Waals surface area contributed by atoms with Gasteiger partial charge in [-0.3, -0.25) is 4.90 Å². The molecule has 130 valence electrons. The Kier molecular flexibility index (Phi) is 3.56. The minimum Gasteiger partial charge on any atom is -0.490 e. The Morgan fingerprint density at radius 3 is 2.88 bits per heavy atom. The predicted molar refractivity (Wildman–Crippen MR) is 91.4 cm³/mol. The molecule has 0 aliphatic carbocycles. The third-order valence-corrected chi connectivity index (χ3v) is 4.66. The zero-order valence-electron chi connectivity index (χ0n) is 14.1. The SMILES string of the molecule is CCOc1cccc2c1OC1(C)CC2NC(=O)N1c1ccccc1F. The minimum absolute atomic E-state index is 0.193. The maximum atomic E-state index is 14.3. The number of fused-ring (bicyclic) bond motifs is 4. The molecule has 2 heterocycles. The quantitative estimate of drug-likeness (QED) is 0.917. The molecule has 0 spiro atoms. The number of carbonyl (C=O) groups excluding carboxylic acids is 1. The van der Waals surface area contributed by atoms with Gasteiger partial charge in [0.25, 0.3) is 0 Å². The summed E-state index contributed by atoms with van der Waals surface area (Å²) in [7, 11) is 0. The van der Waals surface area contributed by atoms with Crippen molar-refractivity contribution >= 4 is 11.7 Å². The van der Waals surface area contributed by atoms with Crippen LogP contribution in [0.1, 0.15) is 31.9 Å². The van der Waals surface area contributed by atoms with E-state index in [2.05, 4.69) is 5.32 Å². The number of carbonyl (C=O) groups is 1. The van der Waals surface area contributed by atoms with Gasteiger partial charge in [-0.2, -0.15) is 0 Å². The number of hydrogen-bond acceptors (Lipinski definition) is 3. The van der Waals surface area contributed by atoms with Crippen molar-refractivity contribution in [2.75, 3.05) is 11.5 Å². The molecular weight excluding hydrogens is 323 g/mol. The van der Waals surface area contributed by atoms with E-state index in [9.17, 15) is 9.18 Å². The summed E-state index contributed by atoms with van der Waals surface area (Å²) in [5, 5.41) is 2.96. The smallest absolute Gasteiger partial charge is 0.325 e. The van der Waals surface area contributed by atoms with Crippen LogP contribution in [0, 0.1) is 5.82 Å². The molecule has 2 aliphatic heterocycles. The van der Waals surface area contributed by atoms with Crippen molar-refractivity contribution in [1.29, 1.82) is 0 Å². The Labute approximate surface area is 145 Å². The molecular formula is C19H19FN2O3. The molecule has 6 heteroatoms. The van der Waals surface area contributed by atoms with E-state index in [1.165, 1.54) is 11.0 Å². The number of halogens is 1. The van der Waals surface area contributed by atoms with Crippen LogP contribution in [0.15, 0.2) is 42.5 Å². The zero-order valence-corrected chi connectivity index (χ0v) is 14.1. The van der Waals surface area contributed by atoms with Crippen molar-refractivity contribution in [2.45, 2.75) is 32.0 Å². The molecule has 2 aromatic carbocycles. The number of nitrogens with one attached hydrogen (secondary N) is 1. The molecule has 1 saturated heterocycles. The van der Waals surface area contributed by atoms with Gasteiger partial charge in [0.1, 0.15) is 5.82 Å². The lowest BCUT2D eigenvalue weighted by Crippen LogP contribution is -2.65. The molecule has 2 unspecified atom stereocenters. The lowest BCUT2D eigenvalue weighted by Gasteiger charge is -2.50. The van der Waals surface area contributed by atoms with E-state index in [4.69, 9.17) is 9.47 Å². The van der Waals surface area contributed by atoms with Crippen LogP contribution in [0.5, 0.6) is 11.5 Å². The molecule has 0 aromatic heterocycles. The third-order valence-electron chi connectivity index (χ3n) is 4.66. The first kappa shape index (κ1) is 15.7. The van der Waals surface area contributed by atoms with Crippen molar-refractivity contribution in [2.24, 2.45) is 0 Å². The van der Waals surface area contributed by atoms with E-state index in [0.29, 0.717) is 24.5 Å². The summed E-state index contributed by atoms with van der Waals surface area (Å²) in [6.07, 6.45) is 0.510. The molecule has 2 bridgehead atoms. The minimum atomic E-state index is -1.00. The van der Waals surface area contributed by atoms with Crippen molar-refractivity contribution < 1.29 is 18.7 Å². The number of rotatable bonds is 3. The number of amides is 2. The Balaban J connectivity index is 1.82. The van der Waals surface area contributed by atoms with Crippen molar-refractivity contribution in [3.63, 3.8) is 0 Å². The Morgan fingerprint density at radius 2 is 2.12 bits per heavy atom. The predicted octanol–water partition coefficient (Wildman–Crippen LogP) is 3.99. The van der Waals surface area contributed by atoms with Crippen molar-refractivity contribution in [3.8, 4) is 11.5 Å². The van der Waals surface area contributed by atoms with Crippen LogP contribution < -0.4 is 19.7 Å². The van der Waals surface area contributed by atoms with Crippen LogP contribution in [-0.2, 0) is 0 Å². The molecule has 5 nitrogen and oxygen atoms in total. The fourth-order valence-corrected chi connectivity index (χ4v) is 3.63. The maximum absolute atomic E-state index is 14.3. The highest BCUT2D eigenvalue weighted by Crippen LogP contribution is 2.49. The number of urea groups is 1. The first-order valence-corrected chi connectivity index (χ1v) is 8.33. The molecule has 25 heavy (non-hydrogen) atoms. The summed E-state index contributed by atoms with van der Waals surface area (Å²) in [6, 6.07) is 11.3. The normalized spacial score (nSPS) is 24.2. The fraction of sp³-hybridized carbons (Fsp3) is 0.316. The van der Waals surface area contributed by atoms with Gasteiger partial charge in [0, 0.05) is 12.0 Å². The van der Waals surface area contributed by atoms with E-state index in [1.54, 1.807) is 25.1 Å². The highest BCUT2D eigenvalue weighted by Gasteiger charge is 2.51. The fourth-order valence-electron chi connectivity index (χ4n) is 3.63. The number of para-hydroxylation sites is 2.